The summed E-state index contributed by atoms with van der Waals surface area (Å²) in [4.78, 5) is 9.69. The third-order valence-corrected chi connectivity index (χ3v) is 7.83. The highest BCUT2D eigenvalue weighted by Gasteiger charge is 2.38. The van der Waals surface area contributed by atoms with Crippen LogP contribution in [0.4, 0.5) is 0 Å². The minimum Gasteiger partial charge on any atom is -0.254 e. The van der Waals surface area contributed by atoms with Crippen LogP contribution in [-0.4, -0.2) is 9.97 Å². The molecule has 2 nitrogen and oxygen atoms in total. The molecular weight excluding hydrogens is 436 g/mol. The monoisotopic (exact) mass is 462 g/mol. The van der Waals surface area contributed by atoms with E-state index in [0.29, 0.717) is 11.8 Å². The van der Waals surface area contributed by atoms with Crippen molar-refractivity contribution in [2.75, 3.05) is 0 Å². The fourth-order valence-electron chi connectivity index (χ4n) is 6.03. The molecule has 36 heavy (non-hydrogen) atoms. The van der Waals surface area contributed by atoms with Crippen molar-refractivity contribution in [2.45, 2.75) is 13.8 Å². The Balaban J connectivity index is 1.32. The summed E-state index contributed by atoms with van der Waals surface area (Å²) in [5, 5.41) is 2.23. The zero-order valence-electron chi connectivity index (χ0n) is 20.4. The fourth-order valence-corrected chi connectivity index (χ4v) is 6.03. The second-order valence-electron chi connectivity index (χ2n) is 9.83. The first-order valence-corrected chi connectivity index (χ1v) is 12.6. The first-order chi connectivity index (χ1) is 17.7. The zero-order valence-corrected chi connectivity index (χ0v) is 20.4. The third-order valence-electron chi connectivity index (χ3n) is 7.83. The first kappa shape index (κ1) is 21.0. The molecule has 0 bridgehead atoms. The normalized spacial score (nSPS) is 22.6. The van der Waals surface area contributed by atoms with Gasteiger partial charge >= 0.3 is 0 Å². The Morgan fingerprint density at radius 1 is 0.778 bits per heavy atom. The van der Waals surface area contributed by atoms with Crippen LogP contribution in [0.3, 0.4) is 0 Å². The van der Waals surface area contributed by atoms with Gasteiger partial charge < -0.3 is 0 Å². The number of aromatic nitrogens is 2. The SMILES string of the molecule is C/C=C(\C=C(/C)c1ccc2ccc3cccnc3c2n1)C1=C2C=CC3=CC=CC4=CC=C(C=C1)C2C34. The second kappa shape index (κ2) is 8.13. The standard InChI is InChI=1S/C34H26N2/c1-3-22(20-21(2)30-18-15-27-12-11-26-8-5-19-35-33(26)34(27)36-30)28-16-13-25-10-9-23-6-4-7-24-14-17-29(28)32(25)31(23)24/h3-20,31-32H,1-2H3/b21-20+,22-3+. The Hall–Kier alpha value is -4.30. The van der Waals surface area contributed by atoms with E-state index in [1.165, 1.54) is 33.4 Å². The number of hydrogen-bond donors (Lipinski definition) is 0. The van der Waals surface area contributed by atoms with Crippen molar-refractivity contribution in [3.8, 4) is 0 Å². The van der Waals surface area contributed by atoms with Crippen molar-refractivity contribution in [2.24, 2.45) is 11.8 Å². The fraction of sp³-hybridized carbons (Fsp3) is 0.118. The van der Waals surface area contributed by atoms with E-state index < -0.39 is 0 Å². The topological polar surface area (TPSA) is 25.8 Å². The Kier molecular flexibility index (Phi) is 4.75. The molecule has 0 amide bonds. The van der Waals surface area contributed by atoms with Gasteiger partial charge in [-0.25, -0.2) is 4.98 Å². The molecule has 0 N–H and O–H groups in total. The maximum atomic E-state index is 5.06. The number of allylic oxidation sites excluding steroid dienone is 18. The summed E-state index contributed by atoms with van der Waals surface area (Å²) in [6.07, 6.45) is 26.9. The zero-order chi connectivity index (χ0) is 24.2. The average molecular weight is 463 g/mol. The van der Waals surface area contributed by atoms with Crippen LogP contribution >= 0.6 is 0 Å². The molecule has 4 aliphatic carbocycles. The molecule has 0 radical (unpaired) electrons. The smallest absolute Gasteiger partial charge is 0.0971 e. The molecule has 0 saturated heterocycles. The minimum atomic E-state index is 0.381. The highest BCUT2D eigenvalue weighted by molar-refractivity contribution is 6.03. The molecule has 2 unspecified atom stereocenters. The number of fused-ring (bicyclic) bond motifs is 3. The van der Waals surface area contributed by atoms with Gasteiger partial charge in [0.25, 0.3) is 0 Å². The summed E-state index contributed by atoms with van der Waals surface area (Å²) in [5.41, 5.74) is 12.2. The van der Waals surface area contributed by atoms with Gasteiger partial charge in [-0.3, -0.25) is 4.98 Å². The van der Waals surface area contributed by atoms with Crippen LogP contribution in [0.1, 0.15) is 19.5 Å². The van der Waals surface area contributed by atoms with E-state index in [9.17, 15) is 0 Å². The van der Waals surface area contributed by atoms with Gasteiger partial charge in [0.2, 0.25) is 0 Å². The Bertz CT molecular complexity index is 1740. The van der Waals surface area contributed by atoms with Crippen LogP contribution in [0.15, 0.2) is 143 Å². The predicted octanol–water partition coefficient (Wildman–Crippen LogP) is 8.16. The second-order valence-corrected chi connectivity index (χ2v) is 9.83. The van der Waals surface area contributed by atoms with E-state index in [0.717, 1.165) is 33.1 Å². The van der Waals surface area contributed by atoms with Crippen molar-refractivity contribution < 1.29 is 0 Å². The first-order valence-electron chi connectivity index (χ1n) is 12.6. The van der Waals surface area contributed by atoms with Crippen LogP contribution < -0.4 is 0 Å². The van der Waals surface area contributed by atoms with Crippen molar-refractivity contribution in [1.29, 1.82) is 0 Å². The highest BCUT2D eigenvalue weighted by Crippen LogP contribution is 2.50. The van der Waals surface area contributed by atoms with Crippen molar-refractivity contribution in [3.63, 3.8) is 0 Å². The molecule has 0 spiro atoms. The lowest BCUT2D eigenvalue weighted by atomic mass is 9.63. The van der Waals surface area contributed by atoms with Crippen LogP contribution in [0.25, 0.3) is 27.4 Å². The molecule has 0 saturated carbocycles. The maximum absolute atomic E-state index is 5.06. The number of hydrogen-bond acceptors (Lipinski definition) is 2. The summed E-state index contributed by atoms with van der Waals surface area (Å²) < 4.78 is 0. The molecule has 172 valence electrons. The van der Waals surface area contributed by atoms with Crippen molar-refractivity contribution in [3.05, 3.63) is 149 Å². The quantitative estimate of drug-likeness (QED) is 0.290. The number of rotatable bonds is 3. The number of nitrogens with zero attached hydrogens (tertiary/aromatic N) is 2. The Morgan fingerprint density at radius 2 is 1.53 bits per heavy atom. The summed E-state index contributed by atoms with van der Waals surface area (Å²) >= 11 is 0. The van der Waals surface area contributed by atoms with Crippen LogP contribution in [-0.2, 0) is 0 Å². The maximum Gasteiger partial charge on any atom is 0.0971 e. The van der Waals surface area contributed by atoms with Crippen molar-refractivity contribution >= 4 is 27.4 Å². The van der Waals surface area contributed by atoms with Gasteiger partial charge in [0.1, 0.15) is 0 Å². The summed E-state index contributed by atoms with van der Waals surface area (Å²) in [6, 6.07) is 12.6. The van der Waals surface area contributed by atoms with E-state index in [4.69, 9.17) is 4.98 Å². The van der Waals surface area contributed by atoms with Crippen molar-refractivity contribution in [1.82, 2.24) is 9.97 Å². The summed E-state index contributed by atoms with van der Waals surface area (Å²) in [7, 11) is 0. The molecular formula is C34H26N2. The lowest BCUT2D eigenvalue weighted by Crippen LogP contribution is -2.29. The van der Waals surface area contributed by atoms with E-state index >= 15 is 0 Å². The van der Waals surface area contributed by atoms with Gasteiger partial charge in [-0.05, 0) is 71.1 Å². The average Bonchev–Trinajstić information content (AvgIpc) is 2.94. The summed E-state index contributed by atoms with van der Waals surface area (Å²) in [5.74, 6) is 0.798. The highest BCUT2D eigenvalue weighted by atomic mass is 14.7. The molecule has 4 aliphatic rings. The lowest BCUT2D eigenvalue weighted by molar-refractivity contribution is 0.561. The van der Waals surface area contributed by atoms with Gasteiger partial charge in [0, 0.05) is 28.8 Å². The van der Waals surface area contributed by atoms with E-state index in [-0.39, 0.29) is 0 Å². The van der Waals surface area contributed by atoms with Gasteiger partial charge in [-0.1, -0.05) is 85.0 Å². The lowest BCUT2D eigenvalue weighted by Gasteiger charge is -2.40. The third kappa shape index (κ3) is 3.18. The molecule has 2 heterocycles. The minimum absolute atomic E-state index is 0.381. The largest absolute Gasteiger partial charge is 0.254 e. The van der Waals surface area contributed by atoms with Gasteiger partial charge in [-0.2, -0.15) is 0 Å². The molecule has 7 rings (SSSR count). The molecule has 3 aromatic rings. The molecule has 2 aromatic heterocycles. The van der Waals surface area contributed by atoms with Crippen LogP contribution in [0, 0.1) is 11.8 Å². The molecule has 1 aromatic carbocycles. The predicted molar refractivity (Wildman–Crippen MR) is 150 cm³/mol. The Morgan fingerprint density at radius 3 is 2.39 bits per heavy atom. The van der Waals surface area contributed by atoms with E-state index in [1.54, 1.807) is 0 Å². The Labute approximate surface area is 211 Å². The summed E-state index contributed by atoms with van der Waals surface area (Å²) in [6.45, 7) is 4.29. The molecule has 2 heteroatoms. The van der Waals surface area contributed by atoms with Gasteiger partial charge in [-0.15, -0.1) is 0 Å². The molecule has 0 fully saturated rings. The molecule has 2 atom stereocenters. The van der Waals surface area contributed by atoms with E-state index in [2.05, 4.69) is 116 Å². The number of benzene rings is 1. The molecule has 0 aliphatic heterocycles. The van der Waals surface area contributed by atoms with Crippen LogP contribution in [0.2, 0.25) is 0 Å². The number of pyridine rings is 2. The van der Waals surface area contributed by atoms with Crippen LogP contribution in [0.5, 0.6) is 0 Å². The van der Waals surface area contributed by atoms with Gasteiger partial charge in [0.05, 0.1) is 16.7 Å². The van der Waals surface area contributed by atoms with E-state index in [1.807, 2.05) is 12.3 Å². The van der Waals surface area contributed by atoms with Gasteiger partial charge in [0.15, 0.2) is 0 Å².